The van der Waals surface area contributed by atoms with Crippen LogP contribution in [-0.2, 0) is 6.61 Å². The summed E-state index contributed by atoms with van der Waals surface area (Å²) < 4.78 is 12.8. The average molecular weight is 337 g/mol. The van der Waals surface area contributed by atoms with Crippen LogP contribution in [0.5, 0.6) is 5.75 Å². The van der Waals surface area contributed by atoms with Crippen molar-refractivity contribution in [1.29, 1.82) is 0 Å². The highest BCUT2D eigenvalue weighted by atomic mass is 35.5. The Bertz CT molecular complexity index is 864. The van der Waals surface area contributed by atoms with E-state index in [1.165, 1.54) is 11.3 Å². The fourth-order valence-electron chi connectivity index (χ4n) is 2.10. The Labute approximate surface area is 136 Å². The zero-order valence-corrected chi connectivity index (χ0v) is 14.0. The van der Waals surface area contributed by atoms with Gasteiger partial charge in [-0.1, -0.05) is 11.6 Å². The molecule has 0 saturated carbocycles. The molecule has 0 saturated heterocycles. The summed E-state index contributed by atoms with van der Waals surface area (Å²) in [6, 6.07) is 9.67. The van der Waals surface area contributed by atoms with Gasteiger partial charge in [-0.2, -0.15) is 0 Å². The van der Waals surface area contributed by atoms with E-state index in [0.29, 0.717) is 11.3 Å². The first-order valence-corrected chi connectivity index (χ1v) is 8.06. The van der Waals surface area contributed by atoms with E-state index < -0.39 is 0 Å². The second-order valence-corrected chi connectivity index (χ2v) is 6.96. The molecule has 0 amide bonds. The number of ether oxygens (including phenoxy) is 1. The molecule has 3 rings (SSSR count). The molecular formula is C16H13ClO2S2. The Balaban J connectivity index is 1.90. The molecule has 0 aliphatic heterocycles. The van der Waals surface area contributed by atoms with Crippen LogP contribution in [0.25, 0.3) is 11.0 Å². The van der Waals surface area contributed by atoms with Crippen LogP contribution < -0.4 is 4.74 Å². The maximum atomic E-state index is 5.91. The summed E-state index contributed by atoms with van der Waals surface area (Å²) in [5.74, 6) is 0.758. The van der Waals surface area contributed by atoms with Crippen LogP contribution in [-0.4, -0.2) is 0 Å². The molecule has 0 aliphatic carbocycles. The quantitative estimate of drug-likeness (QED) is 0.542. The van der Waals surface area contributed by atoms with E-state index in [9.17, 15) is 0 Å². The summed E-state index contributed by atoms with van der Waals surface area (Å²) in [6.45, 7) is 4.52. The molecule has 0 spiro atoms. The number of rotatable bonds is 3. The zero-order valence-electron chi connectivity index (χ0n) is 11.6. The van der Waals surface area contributed by atoms with Gasteiger partial charge in [0, 0.05) is 21.9 Å². The summed E-state index contributed by atoms with van der Waals surface area (Å²) in [5.41, 5.74) is 2.92. The fourth-order valence-corrected chi connectivity index (χ4v) is 3.35. The number of halogens is 1. The standard InChI is InChI=1S/C16H13ClO2S2/c1-9-10(2)16(20)19-14-7-11(3-5-13(9)14)18-8-12-4-6-15(17)21-12/h3-7H,8H2,1-2H3. The number of hydrogen-bond acceptors (Lipinski definition) is 4. The lowest BCUT2D eigenvalue weighted by Crippen LogP contribution is -1.93. The van der Waals surface area contributed by atoms with Gasteiger partial charge in [0.15, 0.2) is 4.71 Å². The molecule has 108 valence electrons. The third-order valence-electron chi connectivity index (χ3n) is 3.44. The van der Waals surface area contributed by atoms with Gasteiger partial charge in [-0.3, -0.25) is 0 Å². The van der Waals surface area contributed by atoms with Crippen molar-refractivity contribution in [3.05, 3.63) is 55.4 Å². The van der Waals surface area contributed by atoms with Crippen LogP contribution in [0.2, 0.25) is 4.34 Å². The van der Waals surface area contributed by atoms with Crippen LogP contribution in [0.1, 0.15) is 16.0 Å². The molecule has 0 N–H and O–H groups in total. The van der Waals surface area contributed by atoms with E-state index >= 15 is 0 Å². The van der Waals surface area contributed by atoms with Crippen molar-refractivity contribution >= 4 is 46.1 Å². The highest BCUT2D eigenvalue weighted by Crippen LogP contribution is 2.28. The monoisotopic (exact) mass is 336 g/mol. The highest BCUT2D eigenvalue weighted by Gasteiger charge is 2.07. The van der Waals surface area contributed by atoms with Gasteiger partial charge >= 0.3 is 0 Å². The molecule has 2 heterocycles. The van der Waals surface area contributed by atoms with Gasteiger partial charge in [0.2, 0.25) is 0 Å². The molecule has 5 heteroatoms. The predicted octanol–water partition coefficient (Wildman–Crippen LogP) is 6.07. The third kappa shape index (κ3) is 2.98. The first kappa shape index (κ1) is 14.6. The van der Waals surface area contributed by atoms with Gasteiger partial charge in [-0.05, 0) is 55.9 Å². The number of hydrogen-bond donors (Lipinski definition) is 0. The van der Waals surface area contributed by atoms with E-state index in [1.807, 2.05) is 37.3 Å². The summed E-state index contributed by atoms with van der Waals surface area (Å²) in [6.07, 6.45) is 0. The van der Waals surface area contributed by atoms with Gasteiger partial charge in [-0.25, -0.2) is 0 Å². The van der Waals surface area contributed by atoms with E-state index in [2.05, 4.69) is 6.92 Å². The lowest BCUT2D eigenvalue weighted by atomic mass is 10.1. The molecule has 0 unspecified atom stereocenters. The molecule has 2 nitrogen and oxygen atoms in total. The maximum absolute atomic E-state index is 5.91. The molecule has 0 atom stereocenters. The average Bonchev–Trinajstić information content (AvgIpc) is 2.88. The van der Waals surface area contributed by atoms with E-state index in [4.69, 9.17) is 33.0 Å². The molecule has 2 aromatic heterocycles. The van der Waals surface area contributed by atoms with Crippen molar-refractivity contribution in [2.24, 2.45) is 0 Å². The Hall–Kier alpha value is -1.36. The minimum atomic E-state index is 0.495. The molecule has 0 aliphatic rings. The smallest absolute Gasteiger partial charge is 0.193 e. The van der Waals surface area contributed by atoms with Gasteiger partial charge in [-0.15, -0.1) is 11.3 Å². The van der Waals surface area contributed by atoms with Crippen LogP contribution in [0.4, 0.5) is 0 Å². The maximum Gasteiger partial charge on any atom is 0.193 e. The highest BCUT2D eigenvalue weighted by molar-refractivity contribution is 7.71. The second kappa shape index (κ2) is 5.79. The SMILES string of the molecule is Cc1c(C)c2ccc(OCc3ccc(Cl)s3)cc2oc1=S. The molecule has 0 bridgehead atoms. The van der Waals surface area contributed by atoms with Crippen molar-refractivity contribution in [3.63, 3.8) is 0 Å². The largest absolute Gasteiger partial charge is 0.488 e. The zero-order chi connectivity index (χ0) is 15.0. The Morgan fingerprint density at radius 2 is 2.00 bits per heavy atom. The first-order valence-electron chi connectivity index (χ1n) is 6.45. The van der Waals surface area contributed by atoms with Crippen LogP contribution in [0.3, 0.4) is 0 Å². The van der Waals surface area contributed by atoms with Gasteiger partial charge < -0.3 is 9.15 Å². The summed E-state index contributed by atoms with van der Waals surface area (Å²) in [4.78, 5) is 1.08. The van der Waals surface area contributed by atoms with Crippen LogP contribution in [0, 0.1) is 18.6 Å². The molecule has 21 heavy (non-hydrogen) atoms. The van der Waals surface area contributed by atoms with E-state index in [-0.39, 0.29) is 0 Å². The summed E-state index contributed by atoms with van der Waals surface area (Å²) in [7, 11) is 0. The fraction of sp³-hybridized carbons (Fsp3) is 0.188. The van der Waals surface area contributed by atoms with Crippen molar-refractivity contribution < 1.29 is 9.15 Å². The molecule has 0 fully saturated rings. The summed E-state index contributed by atoms with van der Waals surface area (Å²) in [5, 5.41) is 1.06. The Morgan fingerprint density at radius 3 is 2.71 bits per heavy atom. The van der Waals surface area contributed by atoms with Crippen molar-refractivity contribution in [2.45, 2.75) is 20.5 Å². The van der Waals surface area contributed by atoms with Crippen molar-refractivity contribution in [1.82, 2.24) is 0 Å². The van der Waals surface area contributed by atoms with Crippen molar-refractivity contribution in [2.75, 3.05) is 0 Å². The number of benzene rings is 1. The lowest BCUT2D eigenvalue weighted by molar-refractivity contribution is 0.310. The number of aryl methyl sites for hydroxylation is 1. The second-order valence-electron chi connectivity index (χ2n) is 4.79. The number of fused-ring (bicyclic) bond motifs is 1. The lowest BCUT2D eigenvalue weighted by Gasteiger charge is -2.08. The first-order chi connectivity index (χ1) is 10.0. The molecule has 1 aromatic carbocycles. The normalized spacial score (nSPS) is 11.0. The molecule has 0 radical (unpaired) electrons. The van der Waals surface area contributed by atoms with Crippen LogP contribution >= 0.6 is 35.2 Å². The molecular weight excluding hydrogens is 324 g/mol. The van der Waals surface area contributed by atoms with Crippen molar-refractivity contribution in [3.8, 4) is 5.75 Å². The Morgan fingerprint density at radius 1 is 1.19 bits per heavy atom. The topological polar surface area (TPSA) is 22.4 Å². The van der Waals surface area contributed by atoms with Gasteiger partial charge in [0.05, 0.1) is 4.34 Å². The third-order valence-corrected chi connectivity index (χ3v) is 5.03. The number of thiophene rings is 1. The molecule has 3 aromatic rings. The van der Waals surface area contributed by atoms with Gasteiger partial charge in [0.25, 0.3) is 0 Å². The minimum Gasteiger partial charge on any atom is -0.488 e. The minimum absolute atomic E-state index is 0.495. The van der Waals surface area contributed by atoms with E-state index in [1.54, 1.807) is 0 Å². The van der Waals surface area contributed by atoms with E-state index in [0.717, 1.165) is 37.1 Å². The van der Waals surface area contributed by atoms with Crippen LogP contribution in [0.15, 0.2) is 34.7 Å². The predicted molar refractivity (Wildman–Crippen MR) is 90.2 cm³/mol. The summed E-state index contributed by atoms with van der Waals surface area (Å²) >= 11 is 12.7. The Kier molecular flexibility index (Phi) is 4.02. The van der Waals surface area contributed by atoms with Gasteiger partial charge in [0.1, 0.15) is 17.9 Å².